The summed E-state index contributed by atoms with van der Waals surface area (Å²) in [5.74, 6) is 0.888. The van der Waals surface area contributed by atoms with Crippen molar-refractivity contribution in [3.8, 4) is 16.3 Å². The van der Waals surface area contributed by atoms with Crippen LogP contribution >= 0.6 is 11.3 Å². The number of benzene rings is 1. The molecule has 102 valence electrons. The van der Waals surface area contributed by atoms with Crippen LogP contribution in [-0.4, -0.2) is 11.1 Å². The maximum absolute atomic E-state index is 5.94. The number of thiazole rings is 1. The third kappa shape index (κ3) is 3.33. The number of nitrogens with zero attached hydrogens (tertiary/aromatic N) is 1. The summed E-state index contributed by atoms with van der Waals surface area (Å²) in [6.07, 6.45) is 0.192. The van der Waals surface area contributed by atoms with Crippen molar-refractivity contribution in [2.24, 2.45) is 5.73 Å². The van der Waals surface area contributed by atoms with Crippen molar-refractivity contribution < 1.29 is 4.74 Å². The first kappa shape index (κ1) is 14.0. The molecule has 0 aliphatic carbocycles. The number of nitrogens with two attached hydrogens (primary N) is 1. The van der Waals surface area contributed by atoms with Crippen molar-refractivity contribution in [3.63, 3.8) is 0 Å². The number of aromatic nitrogens is 1. The van der Waals surface area contributed by atoms with Crippen molar-refractivity contribution in [3.05, 3.63) is 34.8 Å². The molecule has 2 N–H and O–H groups in total. The zero-order chi connectivity index (χ0) is 14.0. The second-order valence-corrected chi connectivity index (χ2v) is 5.98. The van der Waals surface area contributed by atoms with Gasteiger partial charge >= 0.3 is 0 Å². The second-order valence-electron chi connectivity index (χ2n) is 4.95. The molecule has 0 amide bonds. The highest BCUT2D eigenvalue weighted by Gasteiger charge is 2.12. The number of rotatable bonds is 4. The van der Waals surface area contributed by atoms with Gasteiger partial charge in [0.2, 0.25) is 0 Å². The van der Waals surface area contributed by atoms with E-state index in [1.807, 2.05) is 52.0 Å². The Balaban J connectivity index is 2.25. The Morgan fingerprint density at radius 2 is 1.79 bits per heavy atom. The van der Waals surface area contributed by atoms with Crippen LogP contribution in [0.3, 0.4) is 0 Å². The molecule has 0 radical (unpaired) electrons. The molecule has 4 heteroatoms. The quantitative estimate of drug-likeness (QED) is 0.920. The summed E-state index contributed by atoms with van der Waals surface area (Å²) in [5, 5.41) is 1.01. The molecule has 0 saturated carbocycles. The molecule has 0 fully saturated rings. The lowest BCUT2D eigenvalue weighted by atomic mass is 10.2. The minimum atomic E-state index is 0.0368. The van der Waals surface area contributed by atoms with Gasteiger partial charge in [0.05, 0.1) is 11.8 Å². The fourth-order valence-electron chi connectivity index (χ4n) is 1.90. The van der Waals surface area contributed by atoms with Gasteiger partial charge in [-0.15, -0.1) is 11.3 Å². The Morgan fingerprint density at radius 3 is 2.26 bits per heavy atom. The van der Waals surface area contributed by atoms with Crippen LogP contribution in [0.4, 0.5) is 0 Å². The number of aryl methyl sites for hydroxylation is 1. The van der Waals surface area contributed by atoms with Gasteiger partial charge in [0.1, 0.15) is 10.8 Å². The lowest BCUT2D eigenvalue weighted by Gasteiger charge is -2.09. The minimum absolute atomic E-state index is 0.0368. The average Bonchev–Trinajstić information content (AvgIpc) is 2.71. The topological polar surface area (TPSA) is 48.1 Å². The van der Waals surface area contributed by atoms with E-state index in [2.05, 4.69) is 4.98 Å². The Kier molecular flexibility index (Phi) is 4.22. The highest BCUT2D eigenvalue weighted by molar-refractivity contribution is 7.15. The summed E-state index contributed by atoms with van der Waals surface area (Å²) in [6.45, 7) is 8.04. The van der Waals surface area contributed by atoms with E-state index in [0.717, 1.165) is 26.9 Å². The molecule has 1 atom stereocenters. The van der Waals surface area contributed by atoms with E-state index in [-0.39, 0.29) is 12.1 Å². The van der Waals surface area contributed by atoms with E-state index in [4.69, 9.17) is 10.5 Å². The van der Waals surface area contributed by atoms with Crippen LogP contribution in [0.1, 0.15) is 37.4 Å². The summed E-state index contributed by atoms with van der Waals surface area (Å²) in [7, 11) is 0. The smallest absolute Gasteiger partial charge is 0.123 e. The highest BCUT2D eigenvalue weighted by Crippen LogP contribution is 2.31. The van der Waals surface area contributed by atoms with Crippen molar-refractivity contribution >= 4 is 11.3 Å². The summed E-state index contributed by atoms with van der Waals surface area (Å²) >= 11 is 1.66. The van der Waals surface area contributed by atoms with Crippen LogP contribution in [0.25, 0.3) is 10.6 Å². The minimum Gasteiger partial charge on any atom is -0.491 e. The fraction of sp³-hybridized carbons (Fsp3) is 0.400. The van der Waals surface area contributed by atoms with Crippen molar-refractivity contribution in [2.45, 2.75) is 39.8 Å². The molecule has 19 heavy (non-hydrogen) atoms. The lowest BCUT2D eigenvalue weighted by Crippen LogP contribution is -2.05. The third-order valence-electron chi connectivity index (χ3n) is 2.72. The molecule has 2 rings (SSSR count). The molecule has 0 spiro atoms. The molecule has 1 heterocycles. The van der Waals surface area contributed by atoms with Crippen LogP contribution in [0, 0.1) is 6.92 Å². The molecule has 0 saturated heterocycles. The predicted octanol–water partition coefficient (Wildman–Crippen LogP) is 3.93. The molecule has 0 aliphatic rings. The van der Waals surface area contributed by atoms with Gasteiger partial charge in [0, 0.05) is 16.5 Å². The standard InChI is InChI=1S/C15H20N2OS/c1-9(2)18-13-7-5-12(6-8-13)15-17-11(4)14(19-15)10(3)16/h5-10H,16H2,1-4H3. The number of hydrogen-bond acceptors (Lipinski definition) is 4. The molecular formula is C15H20N2OS. The monoisotopic (exact) mass is 276 g/mol. The van der Waals surface area contributed by atoms with Crippen LogP contribution in [0.15, 0.2) is 24.3 Å². The van der Waals surface area contributed by atoms with E-state index in [0.29, 0.717) is 0 Å². The van der Waals surface area contributed by atoms with Gasteiger partial charge in [-0.25, -0.2) is 4.98 Å². The Hall–Kier alpha value is -1.39. The van der Waals surface area contributed by atoms with Crippen LogP contribution < -0.4 is 10.5 Å². The van der Waals surface area contributed by atoms with Gasteiger partial charge in [-0.2, -0.15) is 0 Å². The predicted molar refractivity (Wildman–Crippen MR) is 80.7 cm³/mol. The van der Waals surface area contributed by atoms with E-state index in [1.54, 1.807) is 11.3 Å². The molecule has 0 aliphatic heterocycles. The van der Waals surface area contributed by atoms with Gasteiger partial charge < -0.3 is 10.5 Å². The van der Waals surface area contributed by atoms with Gasteiger partial charge in [-0.1, -0.05) is 0 Å². The molecule has 1 unspecified atom stereocenters. The first-order valence-electron chi connectivity index (χ1n) is 6.47. The Morgan fingerprint density at radius 1 is 1.16 bits per heavy atom. The van der Waals surface area contributed by atoms with Crippen molar-refractivity contribution in [2.75, 3.05) is 0 Å². The average molecular weight is 276 g/mol. The third-order valence-corrected chi connectivity index (χ3v) is 4.13. The Bertz CT molecular complexity index is 544. The number of hydrogen-bond donors (Lipinski definition) is 1. The Labute approximate surface area is 118 Å². The SMILES string of the molecule is Cc1nc(-c2ccc(OC(C)C)cc2)sc1C(C)N. The highest BCUT2D eigenvalue weighted by atomic mass is 32.1. The van der Waals surface area contributed by atoms with E-state index >= 15 is 0 Å². The second kappa shape index (κ2) is 5.72. The lowest BCUT2D eigenvalue weighted by molar-refractivity contribution is 0.242. The van der Waals surface area contributed by atoms with Gasteiger partial charge in [0.25, 0.3) is 0 Å². The molecule has 1 aromatic carbocycles. The maximum atomic E-state index is 5.94. The van der Waals surface area contributed by atoms with Crippen LogP contribution in [0.5, 0.6) is 5.75 Å². The zero-order valence-corrected chi connectivity index (χ0v) is 12.6. The molecular weight excluding hydrogens is 256 g/mol. The van der Waals surface area contributed by atoms with Crippen LogP contribution in [0.2, 0.25) is 0 Å². The summed E-state index contributed by atoms with van der Waals surface area (Å²) in [5.41, 5.74) is 8.07. The normalized spacial score (nSPS) is 12.7. The first-order valence-corrected chi connectivity index (χ1v) is 7.29. The van der Waals surface area contributed by atoms with E-state index in [1.165, 1.54) is 0 Å². The van der Waals surface area contributed by atoms with Crippen LogP contribution in [-0.2, 0) is 0 Å². The van der Waals surface area contributed by atoms with Gasteiger partial charge in [-0.05, 0) is 52.0 Å². The zero-order valence-electron chi connectivity index (χ0n) is 11.8. The van der Waals surface area contributed by atoms with E-state index < -0.39 is 0 Å². The fourth-order valence-corrected chi connectivity index (χ4v) is 2.93. The molecule has 3 nitrogen and oxygen atoms in total. The summed E-state index contributed by atoms with van der Waals surface area (Å²) in [4.78, 5) is 5.74. The molecule has 0 bridgehead atoms. The largest absolute Gasteiger partial charge is 0.491 e. The van der Waals surface area contributed by atoms with Crippen molar-refractivity contribution in [1.82, 2.24) is 4.98 Å². The summed E-state index contributed by atoms with van der Waals surface area (Å²) < 4.78 is 5.64. The number of ether oxygens (including phenoxy) is 1. The summed E-state index contributed by atoms with van der Waals surface area (Å²) in [6, 6.07) is 8.09. The van der Waals surface area contributed by atoms with Gasteiger partial charge in [-0.3, -0.25) is 0 Å². The van der Waals surface area contributed by atoms with Crippen molar-refractivity contribution in [1.29, 1.82) is 0 Å². The first-order chi connectivity index (χ1) is 8.97. The van der Waals surface area contributed by atoms with E-state index in [9.17, 15) is 0 Å². The maximum Gasteiger partial charge on any atom is 0.123 e. The molecule has 1 aromatic heterocycles. The molecule has 2 aromatic rings. The van der Waals surface area contributed by atoms with Gasteiger partial charge in [0.15, 0.2) is 0 Å².